The van der Waals surface area contributed by atoms with Crippen LogP contribution in [-0.2, 0) is 11.3 Å². The fraction of sp³-hybridized carbons (Fsp3) is 0.500. The molecule has 0 atom stereocenters. The average molecular weight is 296 g/mol. The van der Waals surface area contributed by atoms with Gasteiger partial charge in [-0.2, -0.15) is 0 Å². The number of methoxy groups -OCH3 is 1. The minimum atomic E-state index is -0.869. The summed E-state index contributed by atoms with van der Waals surface area (Å²) in [7, 11) is 1.50. The summed E-state index contributed by atoms with van der Waals surface area (Å²) in [6.45, 7) is 4.67. The van der Waals surface area contributed by atoms with Gasteiger partial charge in [-0.3, -0.25) is 19.8 Å². The van der Waals surface area contributed by atoms with Crippen LogP contribution < -0.4 is 4.74 Å². The molecular weight excluding hydrogens is 276 g/mol. The molecule has 1 aromatic rings. The highest BCUT2D eigenvalue weighted by atomic mass is 16.6. The molecule has 7 nitrogen and oxygen atoms in total. The van der Waals surface area contributed by atoms with Crippen molar-refractivity contribution in [1.82, 2.24) is 4.90 Å². The Morgan fingerprint density at radius 3 is 2.62 bits per heavy atom. The normalized spacial score (nSPS) is 10.9. The molecule has 0 unspecified atom stereocenters. The lowest BCUT2D eigenvalue weighted by molar-refractivity contribution is -0.385. The zero-order valence-electron chi connectivity index (χ0n) is 12.4. The quantitative estimate of drug-likeness (QED) is 0.584. The van der Waals surface area contributed by atoms with Gasteiger partial charge in [0.15, 0.2) is 0 Å². The van der Waals surface area contributed by atoms with E-state index in [0.29, 0.717) is 24.4 Å². The molecule has 0 saturated heterocycles. The lowest BCUT2D eigenvalue weighted by Gasteiger charge is -2.26. The highest BCUT2D eigenvalue weighted by molar-refractivity contribution is 5.66. The summed E-state index contributed by atoms with van der Waals surface area (Å²) in [5, 5.41) is 19.6. The third-order valence-corrected chi connectivity index (χ3v) is 3.19. The number of benzene rings is 1. The van der Waals surface area contributed by atoms with E-state index < -0.39 is 10.9 Å². The van der Waals surface area contributed by atoms with Crippen molar-refractivity contribution in [3.05, 3.63) is 33.9 Å². The van der Waals surface area contributed by atoms with E-state index in [2.05, 4.69) is 0 Å². The Labute approximate surface area is 123 Å². The Morgan fingerprint density at radius 1 is 1.48 bits per heavy atom. The Hall–Kier alpha value is -2.15. The van der Waals surface area contributed by atoms with Crippen LogP contribution in [0.15, 0.2) is 18.2 Å². The van der Waals surface area contributed by atoms with E-state index in [1.165, 1.54) is 19.2 Å². The van der Waals surface area contributed by atoms with Crippen LogP contribution in [0.3, 0.4) is 0 Å². The number of carboxylic acid groups (broad SMARTS) is 1. The molecule has 0 spiro atoms. The van der Waals surface area contributed by atoms with Gasteiger partial charge in [0.25, 0.3) is 5.69 Å². The molecule has 1 aromatic carbocycles. The summed E-state index contributed by atoms with van der Waals surface area (Å²) in [6.07, 6.45) is 0.0232. The van der Waals surface area contributed by atoms with Crippen LogP contribution in [-0.4, -0.2) is 40.6 Å². The van der Waals surface area contributed by atoms with Crippen molar-refractivity contribution in [1.29, 1.82) is 0 Å². The van der Waals surface area contributed by atoms with Crippen LogP contribution in [0, 0.1) is 10.1 Å². The van der Waals surface area contributed by atoms with Crippen LogP contribution in [0.1, 0.15) is 25.8 Å². The van der Waals surface area contributed by atoms with Crippen molar-refractivity contribution in [2.24, 2.45) is 0 Å². The van der Waals surface area contributed by atoms with Gasteiger partial charge in [0.1, 0.15) is 5.75 Å². The molecule has 0 heterocycles. The number of non-ortho nitro benzene ring substituents is 1. The first-order valence-corrected chi connectivity index (χ1v) is 6.62. The van der Waals surface area contributed by atoms with Crippen LogP contribution >= 0.6 is 0 Å². The lowest BCUT2D eigenvalue weighted by Crippen LogP contribution is -2.32. The van der Waals surface area contributed by atoms with E-state index in [1.54, 1.807) is 6.07 Å². The van der Waals surface area contributed by atoms with Gasteiger partial charge in [-0.1, -0.05) is 0 Å². The summed E-state index contributed by atoms with van der Waals surface area (Å²) in [6, 6.07) is 4.53. The second kappa shape index (κ2) is 7.58. The fourth-order valence-electron chi connectivity index (χ4n) is 1.98. The average Bonchev–Trinajstić information content (AvgIpc) is 2.42. The first kappa shape index (κ1) is 16.9. The minimum absolute atomic E-state index is 0.00672. The van der Waals surface area contributed by atoms with E-state index >= 15 is 0 Å². The predicted octanol–water partition coefficient (Wildman–Crippen LogP) is 2.29. The van der Waals surface area contributed by atoms with Gasteiger partial charge in [0.2, 0.25) is 0 Å². The molecular formula is C14H20N2O5. The summed E-state index contributed by atoms with van der Waals surface area (Å²) < 4.78 is 5.22. The van der Waals surface area contributed by atoms with Gasteiger partial charge in [-0.05, 0) is 19.9 Å². The fourth-order valence-corrected chi connectivity index (χ4v) is 1.98. The number of carboxylic acids is 1. The van der Waals surface area contributed by atoms with E-state index in [9.17, 15) is 14.9 Å². The minimum Gasteiger partial charge on any atom is -0.496 e. The van der Waals surface area contributed by atoms with Crippen LogP contribution in [0.2, 0.25) is 0 Å². The predicted molar refractivity (Wildman–Crippen MR) is 77.4 cm³/mol. The number of aliphatic carboxylic acids is 1. The molecule has 0 aliphatic carbocycles. The molecule has 0 saturated carbocycles. The molecule has 0 aliphatic heterocycles. The van der Waals surface area contributed by atoms with Crippen molar-refractivity contribution >= 4 is 11.7 Å². The Morgan fingerprint density at radius 2 is 2.14 bits per heavy atom. The molecule has 0 fully saturated rings. The van der Waals surface area contributed by atoms with E-state index in [-0.39, 0.29) is 18.2 Å². The van der Waals surface area contributed by atoms with Crippen molar-refractivity contribution in [3.8, 4) is 5.75 Å². The van der Waals surface area contributed by atoms with Gasteiger partial charge < -0.3 is 9.84 Å². The zero-order chi connectivity index (χ0) is 16.0. The van der Waals surface area contributed by atoms with Crippen molar-refractivity contribution in [3.63, 3.8) is 0 Å². The number of hydrogen-bond donors (Lipinski definition) is 1. The molecule has 0 aliphatic rings. The van der Waals surface area contributed by atoms with E-state index in [0.717, 1.165) is 0 Å². The monoisotopic (exact) mass is 296 g/mol. The molecule has 0 radical (unpaired) electrons. The number of nitro benzene ring substituents is 1. The SMILES string of the molecule is COc1ccc([N+](=O)[O-])cc1CN(CCC(=O)O)C(C)C. The summed E-state index contributed by atoms with van der Waals surface area (Å²) in [4.78, 5) is 23.0. The molecule has 21 heavy (non-hydrogen) atoms. The maximum absolute atomic E-state index is 10.9. The van der Waals surface area contributed by atoms with E-state index in [4.69, 9.17) is 9.84 Å². The Bertz CT molecular complexity index is 516. The summed E-state index contributed by atoms with van der Waals surface area (Å²) in [5.74, 6) is -0.312. The molecule has 7 heteroatoms. The number of rotatable bonds is 8. The summed E-state index contributed by atoms with van der Waals surface area (Å²) >= 11 is 0. The maximum Gasteiger partial charge on any atom is 0.304 e. The molecule has 0 aromatic heterocycles. The number of nitro groups is 1. The van der Waals surface area contributed by atoms with Crippen molar-refractivity contribution in [2.45, 2.75) is 32.9 Å². The third-order valence-electron chi connectivity index (χ3n) is 3.19. The van der Waals surface area contributed by atoms with Crippen molar-refractivity contribution in [2.75, 3.05) is 13.7 Å². The Kier molecular flexibility index (Phi) is 6.10. The topological polar surface area (TPSA) is 92.9 Å². The van der Waals surface area contributed by atoms with Crippen LogP contribution in [0.5, 0.6) is 5.75 Å². The van der Waals surface area contributed by atoms with Crippen LogP contribution in [0.4, 0.5) is 5.69 Å². The van der Waals surface area contributed by atoms with Gasteiger partial charge in [-0.25, -0.2) is 0 Å². The maximum atomic E-state index is 10.9. The first-order chi connectivity index (χ1) is 9.85. The lowest BCUT2D eigenvalue weighted by atomic mass is 10.1. The smallest absolute Gasteiger partial charge is 0.304 e. The molecule has 116 valence electrons. The van der Waals surface area contributed by atoms with Gasteiger partial charge in [0.05, 0.1) is 18.5 Å². The number of hydrogen-bond acceptors (Lipinski definition) is 5. The second-order valence-corrected chi connectivity index (χ2v) is 4.96. The Balaban J connectivity index is 2.97. The molecule has 0 amide bonds. The van der Waals surface area contributed by atoms with Gasteiger partial charge in [-0.15, -0.1) is 0 Å². The molecule has 0 bridgehead atoms. The van der Waals surface area contributed by atoms with E-state index in [1.807, 2.05) is 18.7 Å². The molecule has 1 N–H and O–H groups in total. The second-order valence-electron chi connectivity index (χ2n) is 4.96. The standard InChI is InChI=1S/C14H20N2O5/c1-10(2)15(7-6-14(17)18)9-11-8-12(16(19)20)4-5-13(11)21-3/h4-5,8,10H,6-7,9H2,1-3H3,(H,17,18). The molecule has 1 rings (SSSR count). The van der Waals surface area contributed by atoms with Gasteiger partial charge >= 0.3 is 5.97 Å². The van der Waals surface area contributed by atoms with Gasteiger partial charge in [0, 0.05) is 36.8 Å². The number of ether oxygens (including phenoxy) is 1. The third kappa shape index (κ3) is 5.03. The summed E-state index contributed by atoms with van der Waals surface area (Å²) in [5.41, 5.74) is 0.665. The highest BCUT2D eigenvalue weighted by Gasteiger charge is 2.17. The highest BCUT2D eigenvalue weighted by Crippen LogP contribution is 2.26. The largest absolute Gasteiger partial charge is 0.496 e. The number of carbonyl (C=O) groups is 1. The number of nitrogens with zero attached hydrogens (tertiary/aromatic N) is 2. The van der Waals surface area contributed by atoms with Crippen LogP contribution in [0.25, 0.3) is 0 Å². The zero-order valence-corrected chi connectivity index (χ0v) is 12.4. The van der Waals surface area contributed by atoms with Crippen molar-refractivity contribution < 1.29 is 19.6 Å². The first-order valence-electron chi connectivity index (χ1n) is 6.62.